The molecule has 0 spiro atoms. The maximum Gasteiger partial charge on any atom is 0.263 e. The lowest BCUT2D eigenvalue weighted by molar-refractivity contribution is 0.471. The number of halogens is 2. The number of anilines is 1. The molecule has 0 aliphatic rings. The van der Waals surface area contributed by atoms with E-state index >= 15 is 0 Å². The first kappa shape index (κ1) is 15.0. The van der Waals surface area contributed by atoms with Gasteiger partial charge < -0.3 is 5.11 Å². The van der Waals surface area contributed by atoms with Crippen LogP contribution in [0.1, 0.15) is 5.56 Å². The number of benzene rings is 2. The van der Waals surface area contributed by atoms with Crippen molar-refractivity contribution in [3.63, 3.8) is 0 Å². The predicted octanol–water partition coefficient (Wildman–Crippen LogP) is 3.81. The van der Waals surface area contributed by atoms with Crippen LogP contribution in [0.3, 0.4) is 0 Å². The van der Waals surface area contributed by atoms with Crippen LogP contribution >= 0.6 is 23.2 Å². The topological polar surface area (TPSA) is 66.4 Å². The molecule has 0 atom stereocenters. The highest BCUT2D eigenvalue weighted by atomic mass is 35.5. The second-order valence-electron chi connectivity index (χ2n) is 4.13. The third kappa shape index (κ3) is 3.00. The first-order valence-corrected chi connectivity index (χ1v) is 7.81. The molecule has 2 N–H and O–H groups in total. The largest absolute Gasteiger partial charge is 0.508 e. The van der Waals surface area contributed by atoms with Crippen LogP contribution in [0.4, 0.5) is 5.69 Å². The molecule has 0 unspecified atom stereocenters. The minimum absolute atomic E-state index is 0.00221. The van der Waals surface area contributed by atoms with Crippen LogP contribution in [0.5, 0.6) is 5.75 Å². The smallest absolute Gasteiger partial charge is 0.263 e. The molecule has 0 heterocycles. The zero-order valence-electron chi connectivity index (χ0n) is 10.4. The van der Waals surface area contributed by atoms with E-state index in [1.807, 2.05) is 0 Å². The van der Waals surface area contributed by atoms with Crippen LogP contribution < -0.4 is 4.72 Å². The van der Waals surface area contributed by atoms with Gasteiger partial charge in [-0.2, -0.15) is 0 Å². The fraction of sp³-hybridized carbons (Fsp3) is 0.0769. The molecule has 2 rings (SSSR count). The Bertz CT molecular complexity index is 760. The molecule has 2 aromatic rings. The van der Waals surface area contributed by atoms with E-state index in [1.165, 1.54) is 24.3 Å². The Hall–Kier alpha value is -1.43. The van der Waals surface area contributed by atoms with Crippen molar-refractivity contribution in [1.82, 2.24) is 0 Å². The van der Waals surface area contributed by atoms with Gasteiger partial charge in [0.2, 0.25) is 0 Å². The normalized spacial score (nSPS) is 11.3. The highest BCUT2D eigenvalue weighted by Gasteiger charge is 2.19. The van der Waals surface area contributed by atoms with Crippen molar-refractivity contribution in [2.75, 3.05) is 4.72 Å². The van der Waals surface area contributed by atoms with Crippen LogP contribution in [0, 0.1) is 6.92 Å². The molecule has 4 nitrogen and oxygen atoms in total. The van der Waals surface area contributed by atoms with Crippen LogP contribution in [-0.2, 0) is 10.0 Å². The van der Waals surface area contributed by atoms with E-state index in [0.29, 0.717) is 5.56 Å². The van der Waals surface area contributed by atoms with Gasteiger partial charge in [-0.3, -0.25) is 4.72 Å². The molecule has 0 aliphatic heterocycles. The first-order valence-electron chi connectivity index (χ1n) is 5.58. The lowest BCUT2D eigenvalue weighted by Crippen LogP contribution is -2.14. The van der Waals surface area contributed by atoms with E-state index < -0.39 is 10.0 Å². The van der Waals surface area contributed by atoms with Gasteiger partial charge in [-0.15, -0.1) is 0 Å². The molecule has 0 bridgehead atoms. The summed E-state index contributed by atoms with van der Waals surface area (Å²) in [5.74, 6) is 0.00221. The maximum absolute atomic E-state index is 12.3. The van der Waals surface area contributed by atoms with Crippen molar-refractivity contribution < 1.29 is 13.5 Å². The fourth-order valence-electron chi connectivity index (χ4n) is 1.62. The van der Waals surface area contributed by atoms with Gasteiger partial charge >= 0.3 is 0 Å². The molecule has 0 aromatic heterocycles. The second-order valence-corrected chi connectivity index (χ2v) is 6.62. The SMILES string of the molecule is Cc1c(O)cccc1NS(=O)(=O)c1cc(Cl)ccc1Cl. The Morgan fingerprint density at radius 1 is 1.15 bits per heavy atom. The van der Waals surface area contributed by atoms with E-state index in [1.54, 1.807) is 19.1 Å². The van der Waals surface area contributed by atoms with Gasteiger partial charge in [0.05, 0.1) is 10.7 Å². The fourth-order valence-corrected chi connectivity index (χ4v) is 3.50. The van der Waals surface area contributed by atoms with Gasteiger partial charge in [0, 0.05) is 10.6 Å². The Morgan fingerprint density at radius 2 is 1.85 bits per heavy atom. The molecule has 0 amide bonds. The predicted molar refractivity (Wildman–Crippen MR) is 80.1 cm³/mol. The van der Waals surface area contributed by atoms with Crippen LogP contribution in [-0.4, -0.2) is 13.5 Å². The summed E-state index contributed by atoms with van der Waals surface area (Å²) < 4.78 is 27.0. The minimum atomic E-state index is -3.88. The van der Waals surface area contributed by atoms with Crippen LogP contribution in [0.25, 0.3) is 0 Å². The summed E-state index contributed by atoms with van der Waals surface area (Å²) in [6, 6.07) is 8.74. The molecule has 20 heavy (non-hydrogen) atoms. The summed E-state index contributed by atoms with van der Waals surface area (Å²) in [5, 5.41) is 9.92. The van der Waals surface area contributed by atoms with Crippen molar-refractivity contribution in [3.8, 4) is 5.75 Å². The average Bonchev–Trinajstić information content (AvgIpc) is 2.37. The molecule has 0 radical (unpaired) electrons. The molecule has 7 heteroatoms. The van der Waals surface area contributed by atoms with Gasteiger partial charge in [0.25, 0.3) is 10.0 Å². The number of hydrogen-bond donors (Lipinski definition) is 2. The zero-order valence-corrected chi connectivity index (χ0v) is 12.7. The highest BCUT2D eigenvalue weighted by Crippen LogP contribution is 2.29. The molecule has 0 saturated heterocycles. The van der Waals surface area contributed by atoms with Crippen molar-refractivity contribution in [2.24, 2.45) is 0 Å². The van der Waals surface area contributed by atoms with E-state index in [2.05, 4.69) is 4.72 Å². The molecule has 0 saturated carbocycles. The summed E-state index contributed by atoms with van der Waals surface area (Å²) in [5.41, 5.74) is 0.704. The number of aromatic hydroxyl groups is 1. The van der Waals surface area contributed by atoms with E-state index in [0.717, 1.165) is 0 Å². The number of phenols is 1. The van der Waals surface area contributed by atoms with E-state index in [-0.39, 0.29) is 26.4 Å². The van der Waals surface area contributed by atoms with Crippen LogP contribution in [0.2, 0.25) is 10.0 Å². The summed E-state index contributed by atoms with van der Waals surface area (Å²) in [7, 11) is -3.88. The highest BCUT2D eigenvalue weighted by molar-refractivity contribution is 7.92. The summed E-state index contributed by atoms with van der Waals surface area (Å²) in [6.45, 7) is 1.60. The van der Waals surface area contributed by atoms with Crippen LogP contribution in [0.15, 0.2) is 41.3 Å². The summed E-state index contributed by atoms with van der Waals surface area (Å²) in [6.07, 6.45) is 0. The number of phenolic OH excluding ortho intramolecular Hbond substituents is 1. The molecule has 0 aliphatic carbocycles. The maximum atomic E-state index is 12.3. The van der Waals surface area contributed by atoms with Gasteiger partial charge in [0.1, 0.15) is 10.6 Å². The Balaban J connectivity index is 2.46. The standard InChI is InChI=1S/C13H11Cl2NO3S/c1-8-11(3-2-4-12(8)17)16-20(18,19)13-7-9(14)5-6-10(13)15/h2-7,16-17H,1H3. The minimum Gasteiger partial charge on any atom is -0.508 e. The molecule has 106 valence electrons. The quantitative estimate of drug-likeness (QED) is 0.898. The number of hydrogen-bond acceptors (Lipinski definition) is 3. The molecule has 0 fully saturated rings. The van der Waals surface area contributed by atoms with Crippen molar-refractivity contribution in [1.29, 1.82) is 0 Å². The third-order valence-corrected chi connectivity index (χ3v) is 4.81. The molecular weight excluding hydrogens is 321 g/mol. The lowest BCUT2D eigenvalue weighted by atomic mass is 10.2. The summed E-state index contributed by atoms with van der Waals surface area (Å²) >= 11 is 11.7. The van der Waals surface area contributed by atoms with Gasteiger partial charge in [0.15, 0.2) is 0 Å². The Morgan fingerprint density at radius 3 is 2.55 bits per heavy atom. The second kappa shape index (κ2) is 5.52. The van der Waals surface area contributed by atoms with Crippen molar-refractivity contribution >= 4 is 38.9 Å². The Labute approximate surface area is 127 Å². The van der Waals surface area contributed by atoms with Crippen molar-refractivity contribution in [2.45, 2.75) is 11.8 Å². The van der Waals surface area contributed by atoms with Gasteiger partial charge in [-0.1, -0.05) is 29.3 Å². The van der Waals surface area contributed by atoms with E-state index in [9.17, 15) is 13.5 Å². The number of nitrogens with one attached hydrogen (secondary N) is 1. The third-order valence-electron chi connectivity index (χ3n) is 2.73. The van der Waals surface area contributed by atoms with Gasteiger partial charge in [-0.25, -0.2) is 8.42 Å². The molecule has 2 aromatic carbocycles. The van der Waals surface area contributed by atoms with E-state index in [4.69, 9.17) is 23.2 Å². The monoisotopic (exact) mass is 331 g/mol. The summed E-state index contributed by atoms with van der Waals surface area (Å²) in [4.78, 5) is -0.116. The van der Waals surface area contributed by atoms with Crippen molar-refractivity contribution in [3.05, 3.63) is 52.0 Å². The molecular formula is C13H11Cl2NO3S. The zero-order chi connectivity index (χ0) is 14.9. The number of sulfonamides is 1. The Kier molecular flexibility index (Phi) is 4.13. The average molecular weight is 332 g/mol. The first-order chi connectivity index (χ1) is 9.31. The number of rotatable bonds is 3. The lowest BCUT2D eigenvalue weighted by Gasteiger charge is -2.12. The van der Waals surface area contributed by atoms with Gasteiger partial charge in [-0.05, 0) is 37.3 Å².